The second-order valence-electron chi connectivity index (χ2n) is 2.84. The number of aromatic nitrogens is 1. The first-order valence-corrected chi connectivity index (χ1v) is 4.75. The maximum atomic E-state index is 11.3. The van der Waals surface area contributed by atoms with Crippen LogP contribution in [0.4, 0.5) is 0 Å². The zero-order valence-corrected chi connectivity index (χ0v) is 7.97. The molecule has 0 aliphatic carbocycles. The summed E-state index contributed by atoms with van der Waals surface area (Å²) in [5.41, 5.74) is 2.20. The molecule has 1 aromatic heterocycles. The summed E-state index contributed by atoms with van der Waals surface area (Å²) < 4.78 is 0. The summed E-state index contributed by atoms with van der Waals surface area (Å²) in [7, 11) is 0. The predicted molar refractivity (Wildman–Crippen MR) is 50.4 cm³/mol. The average Bonchev–Trinajstić information content (AvgIpc) is 2.51. The normalized spacial score (nSPS) is 11.2. The Hall–Kier alpha value is -0.960. The first-order valence-electron chi connectivity index (χ1n) is 3.81. The number of hydrogen-bond donors (Lipinski definition) is 0. The van der Waals surface area contributed by atoms with E-state index < -0.39 is 0 Å². The van der Waals surface area contributed by atoms with E-state index in [0.717, 1.165) is 0 Å². The number of allylic oxidation sites excluding steroid dienone is 2. The van der Waals surface area contributed by atoms with Crippen LogP contribution in [0, 0.1) is 5.92 Å². The van der Waals surface area contributed by atoms with Crippen LogP contribution in [0.5, 0.6) is 0 Å². The highest BCUT2D eigenvalue weighted by atomic mass is 32.1. The van der Waals surface area contributed by atoms with Crippen LogP contribution in [-0.2, 0) is 0 Å². The first kappa shape index (κ1) is 9.13. The molecule has 3 heteroatoms. The van der Waals surface area contributed by atoms with Gasteiger partial charge in [-0.15, -0.1) is 11.3 Å². The Balaban J connectivity index is 2.62. The summed E-state index contributed by atoms with van der Waals surface area (Å²) >= 11 is 1.44. The van der Waals surface area contributed by atoms with Crippen molar-refractivity contribution in [1.82, 2.24) is 4.98 Å². The van der Waals surface area contributed by atoms with Crippen molar-refractivity contribution in [3.8, 4) is 0 Å². The van der Waals surface area contributed by atoms with E-state index in [1.807, 2.05) is 19.9 Å². The van der Waals surface area contributed by atoms with Gasteiger partial charge in [0.2, 0.25) is 5.78 Å². The number of carbonyl (C=O) groups excluding carboxylic acids is 1. The van der Waals surface area contributed by atoms with E-state index in [1.54, 1.807) is 17.0 Å². The molecular formula is C9H11NOS. The van der Waals surface area contributed by atoms with Gasteiger partial charge in [-0.3, -0.25) is 4.79 Å². The van der Waals surface area contributed by atoms with Crippen LogP contribution in [0.1, 0.15) is 24.3 Å². The molecule has 0 aliphatic rings. The molecule has 1 heterocycles. The summed E-state index contributed by atoms with van der Waals surface area (Å²) in [5, 5.41) is 1.76. The third-order valence-electron chi connectivity index (χ3n) is 1.32. The quantitative estimate of drug-likeness (QED) is 0.530. The molecule has 12 heavy (non-hydrogen) atoms. The molecule has 0 bridgehead atoms. The molecular weight excluding hydrogens is 170 g/mol. The van der Waals surface area contributed by atoms with Gasteiger partial charge in [0.05, 0.1) is 5.51 Å². The van der Waals surface area contributed by atoms with E-state index in [9.17, 15) is 4.79 Å². The fourth-order valence-corrected chi connectivity index (χ4v) is 1.24. The van der Waals surface area contributed by atoms with Crippen LogP contribution in [0.25, 0.3) is 0 Å². The molecule has 0 fully saturated rings. The number of ketones is 1. The van der Waals surface area contributed by atoms with Gasteiger partial charge in [0, 0.05) is 5.38 Å². The third-order valence-corrected chi connectivity index (χ3v) is 1.90. The molecule has 2 nitrogen and oxygen atoms in total. The van der Waals surface area contributed by atoms with Crippen molar-refractivity contribution in [3.63, 3.8) is 0 Å². The lowest BCUT2D eigenvalue weighted by molar-refractivity contribution is 0.104. The van der Waals surface area contributed by atoms with Crippen molar-refractivity contribution in [2.45, 2.75) is 13.8 Å². The Morgan fingerprint density at radius 2 is 2.42 bits per heavy atom. The molecule has 0 N–H and O–H groups in total. The van der Waals surface area contributed by atoms with Crippen molar-refractivity contribution < 1.29 is 4.79 Å². The lowest BCUT2D eigenvalue weighted by Crippen LogP contribution is -1.94. The van der Waals surface area contributed by atoms with Gasteiger partial charge in [-0.1, -0.05) is 19.9 Å². The van der Waals surface area contributed by atoms with Crippen molar-refractivity contribution in [2.24, 2.45) is 5.92 Å². The Morgan fingerprint density at radius 1 is 1.67 bits per heavy atom. The van der Waals surface area contributed by atoms with E-state index in [2.05, 4.69) is 4.98 Å². The van der Waals surface area contributed by atoms with Gasteiger partial charge in [-0.25, -0.2) is 4.98 Å². The minimum absolute atomic E-state index is 0.00931. The summed E-state index contributed by atoms with van der Waals surface area (Å²) in [5.74, 6) is 0.400. The highest BCUT2D eigenvalue weighted by Gasteiger charge is 2.02. The van der Waals surface area contributed by atoms with Crippen LogP contribution in [0.2, 0.25) is 0 Å². The van der Waals surface area contributed by atoms with Crippen LogP contribution in [0.3, 0.4) is 0 Å². The zero-order chi connectivity index (χ0) is 8.97. The second kappa shape index (κ2) is 4.16. The molecule has 0 spiro atoms. The van der Waals surface area contributed by atoms with E-state index in [-0.39, 0.29) is 5.78 Å². The predicted octanol–water partition coefficient (Wildman–Crippen LogP) is 2.54. The Morgan fingerprint density at radius 3 is 2.92 bits per heavy atom. The molecule has 1 aromatic rings. The van der Waals surface area contributed by atoms with Gasteiger partial charge in [-0.2, -0.15) is 0 Å². The Bertz CT molecular complexity index is 275. The topological polar surface area (TPSA) is 30.0 Å². The molecule has 0 unspecified atom stereocenters. The molecule has 64 valence electrons. The number of hydrogen-bond acceptors (Lipinski definition) is 3. The van der Waals surface area contributed by atoms with Gasteiger partial charge in [0.25, 0.3) is 0 Å². The Kier molecular flexibility index (Phi) is 3.17. The number of nitrogens with zero attached hydrogens (tertiary/aromatic N) is 1. The van der Waals surface area contributed by atoms with E-state index in [1.165, 1.54) is 11.3 Å². The fourth-order valence-electron chi connectivity index (χ4n) is 0.699. The Labute approximate surface area is 76.0 Å². The largest absolute Gasteiger partial charge is 0.288 e. The lowest BCUT2D eigenvalue weighted by atomic mass is 10.2. The number of thiazole rings is 1. The maximum absolute atomic E-state index is 11.3. The van der Waals surface area contributed by atoms with Crippen LogP contribution in [0.15, 0.2) is 23.0 Å². The maximum Gasteiger partial charge on any atom is 0.204 e. The first-order chi connectivity index (χ1) is 5.70. The average molecular weight is 181 g/mol. The number of carbonyl (C=O) groups is 1. The van der Waals surface area contributed by atoms with Gasteiger partial charge < -0.3 is 0 Å². The number of rotatable bonds is 3. The van der Waals surface area contributed by atoms with Crippen LogP contribution in [-0.4, -0.2) is 10.8 Å². The highest BCUT2D eigenvalue weighted by molar-refractivity contribution is 7.07. The molecule has 0 saturated heterocycles. The lowest BCUT2D eigenvalue weighted by Gasteiger charge is -1.91. The van der Waals surface area contributed by atoms with Gasteiger partial charge in [-0.05, 0) is 12.0 Å². The molecule has 0 saturated carbocycles. The van der Waals surface area contributed by atoms with Gasteiger partial charge >= 0.3 is 0 Å². The second-order valence-corrected chi connectivity index (χ2v) is 3.56. The van der Waals surface area contributed by atoms with E-state index in [0.29, 0.717) is 11.6 Å². The molecule has 0 amide bonds. The highest BCUT2D eigenvalue weighted by Crippen LogP contribution is 2.03. The summed E-state index contributed by atoms with van der Waals surface area (Å²) in [6, 6.07) is 0. The van der Waals surface area contributed by atoms with Crippen molar-refractivity contribution in [1.29, 1.82) is 0 Å². The van der Waals surface area contributed by atoms with Crippen molar-refractivity contribution >= 4 is 17.1 Å². The zero-order valence-electron chi connectivity index (χ0n) is 7.15. The molecule has 0 aromatic carbocycles. The van der Waals surface area contributed by atoms with Gasteiger partial charge in [0.15, 0.2) is 0 Å². The fraction of sp³-hybridized carbons (Fsp3) is 0.333. The van der Waals surface area contributed by atoms with Crippen molar-refractivity contribution in [2.75, 3.05) is 0 Å². The standard InChI is InChI=1S/C9H11NOS/c1-7(2)3-4-9(11)8-5-12-6-10-8/h3-7H,1-2H3/b4-3+. The summed E-state index contributed by atoms with van der Waals surface area (Å²) in [6.45, 7) is 4.07. The van der Waals surface area contributed by atoms with Gasteiger partial charge in [0.1, 0.15) is 5.69 Å². The molecule has 0 radical (unpaired) electrons. The summed E-state index contributed by atoms with van der Waals surface area (Å²) in [6.07, 6.45) is 3.46. The molecule has 0 aliphatic heterocycles. The minimum atomic E-state index is -0.00931. The smallest absolute Gasteiger partial charge is 0.204 e. The van der Waals surface area contributed by atoms with Crippen LogP contribution < -0.4 is 0 Å². The SMILES string of the molecule is CC(C)/C=C/C(=O)c1cscn1. The molecule has 1 rings (SSSR count). The van der Waals surface area contributed by atoms with E-state index >= 15 is 0 Å². The minimum Gasteiger partial charge on any atom is -0.288 e. The van der Waals surface area contributed by atoms with Crippen molar-refractivity contribution in [3.05, 3.63) is 28.7 Å². The van der Waals surface area contributed by atoms with E-state index in [4.69, 9.17) is 0 Å². The molecule has 0 atom stereocenters. The third kappa shape index (κ3) is 2.58. The van der Waals surface area contributed by atoms with Crippen LogP contribution >= 0.6 is 11.3 Å². The monoisotopic (exact) mass is 181 g/mol. The summed E-state index contributed by atoms with van der Waals surface area (Å²) in [4.78, 5) is 15.2.